The van der Waals surface area contributed by atoms with Gasteiger partial charge in [0.25, 0.3) is 0 Å². The highest BCUT2D eigenvalue weighted by atomic mass is 16.5. The summed E-state index contributed by atoms with van der Waals surface area (Å²) in [6, 6.07) is 4.63. The molecule has 0 amide bonds. The third-order valence-corrected chi connectivity index (χ3v) is 3.89. The molecule has 88 valence electrons. The summed E-state index contributed by atoms with van der Waals surface area (Å²) < 4.78 is 5.47. The Hall–Kier alpha value is -0.980. The fraction of sp³-hybridized carbons (Fsp3) is 0.600. The average molecular weight is 218 g/mol. The second-order valence-electron chi connectivity index (χ2n) is 4.80. The second-order valence-corrected chi connectivity index (χ2v) is 4.80. The molecule has 0 radical (unpaired) electrons. The standard InChI is InChI=1S/C15H22O/c1-4-11-6-7-13-9-12(5-2)15(16-3)10-14(13)8-11/h9-11H,4-8H2,1-3H3. The van der Waals surface area contributed by atoms with E-state index in [-0.39, 0.29) is 0 Å². The Morgan fingerprint density at radius 3 is 2.69 bits per heavy atom. The van der Waals surface area contributed by atoms with Crippen molar-refractivity contribution < 1.29 is 4.74 Å². The molecule has 2 rings (SSSR count). The van der Waals surface area contributed by atoms with Gasteiger partial charge in [0.2, 0.25) is 0 Å². The molecule has 0 N–H and O–H groups in total. The van der Waals surface area contributed by atoms with Crippen molar-refractivity contribution in [2.75, 3.05) is 7.11 Å². The predicted octanol–water partition coefficient (Wildman–Crippen LogP) is 3.77. The van der Waals surface area contributed by atoms with Crippen LogP contribution >= 0.6 is 0 Å². The fourth-order valence-corrected chi connectivity index (χ4v) is 2.73. The number of hydrogen-bond acceptors (Lipinski definition) is 1. The molecular formula is C15H22O. The molecule has 1 unspecified atom stereocenters. The lowest BCUT2D eigenvalue weighted by atomic mass is 9.81. The van der Waals surface area contributed by atoms with E-state index in [4.69, 9.17) is 4.74 Å². The third-order valence-electron chi connectivity index (χ3n) is 3.89. The molecule has 0 heterocycles. The first kappa shape index (κ1) is 11.5. The molecule has 0 saturated carbocycles. The van der Waals surface area contributed by atoms with Gasteiger partial charge in [-0.2, -0.15) is 0 Å². The highest BCUT2D eigenvalue weighted by molar-refractivity contribution is 5.44. The molecular weight excluding hydrogens is 196 g/mol. The average Bonchev–Trinajstić information content (AvgIpc) is 2.36. The van der Waals surface area contributed by atoms with Crippen molar-refractivity contribution in [1.29, 1.82) is 0 Å². The smallest absolute Gasteiger partial charge is 0.122 e. The minimum Gasteiger partial charge on any atom is -0.496 e. The van der Waals surface area contributed by atoms with Crippen LogP contribution in [0.2, 0.25) is 0 Å². The molecule has 1 aliphatic carbocycles. The highest BCUT2D eigenvalue weighted by Crippen LogP contribution is 2.32. The van der Waals surface area contributed by atoms with Crippen molar-refractivity contribution in [3.8, 4) is 5.75 Å². The molecule has 0 bridgehead atoms. The summed E-state index contributed by atoms with van der Waals surface area (Å²) >= 11 is 0. The minimum atomic E-state index is 0.879. The summed E-state index contributed by atoms with van der Waals surface area (Å²) in [5.74, 6) is 1.96. The Morgan fingerprint density at radius 1 is 1.25 bits per heavy atom. The molecule has 1 aromatic carbocycles. The number of methoxy groups -OCH3 is 1. The molecule has 1 heteroatoms. The zero-order valence-electron chi connectivity index (χ0n) is 10.7. The van der Waals surface area contributed by atoms with E-state index in [2.05, 4.69) is 26.0 Å². The minimum absolute atomic E-state index is 0.879. The number of aryl methyl sites for hydroxylation is 2. The van der Waals surface area contributed by atoms with E-state index in [1.54, 1.807) is 12.7 Å². The third kappa shape index (κ3) is 2.09. The van der Waals surface area contributed by atoms with Crippen LogP contribution in [0, 0.1) is 5.92 Å². The zero-order chi connectivity index (χ0) is 11.5. The van der Waals surface area contributed by atoms with Gasteiger partial charge in [-0.15, -0.1) is 0 Å². The molecule has 1 nitrogen and oxygen atoms in total. The second kappa shape index (κ2) is 4.90. The van der Waals surface area contributed by atoms with Crippen LogP contribution in [-0.4, -0.2) is 7.11 Å². The van der Waals surface area contributed by atoms with Crippen molar-refractivity contribution in [3.63, 3.8) is 0 Å². The Balaban J connectivity index is 2.34. The maximum atomic E-state index is 5.47. The van der Waals surface area contributed by atoms with E-state index in [0.29, 0.717) is 0 Å². The van der Waals surface area contributed by atoms with E-state index in [1.165, 1.54) is 36.8 Å². The molecule has 0 fully saturated rings. The van der Waals surface area contributed by atoms with Crippen molar-refractivity contribution in [1.82, 2.24) is 0 Å². The molecule has 0 aromatic heterocycles. The first-order valence-corrected chi connectivity index (χ1v) is 6.47. The van der Waals surface area contributed by atoms with Gasteiger partial charge in [0, 0.05) is 0 Å². The van der Waals surface area contributed by atoms with Gasteiger partial charge in [0.05, 0.1) is 7.11 Å². The predicted molar refractivity (Wildman–Crippen MR) is 68.2 cm³/mol. The lowest BCUT2D eigenvalue weighted by molar-refractivity contribution is 0.404. The summed E-state index contributed by atoms with van der Waals surface area (Å²) in [5, 5.41) is 0. The van der Waals surface area contributed by atoms with Crippen LogP contribution in [0.25, 0.3) is 0 Å². The summed E-state index contributed by atoms with van der Waals surface area (Å²) in [4.78, 5) is 0. The van der Waals surface area contributed by atoms with Crippen LogP contribution in [0.4, 0.5) is 0 Å². The quantitative estimate of drug-likeness (QED) is 0.750. The van der Waals surface area contributed by atoms with Crippen LogP contribution in [0.5, 0.6) is 5.75 Å². The van der Waals surface area contributed by atoms with Gasteiger partial charge < -0.3 is 4.74 Å². The fourth-order valence-electron chi connectivity index (χ4n) is 2.73. The number of ether oxygens (including phenoxy) is 1. The molecule has 1 aliphatic rings. The van der Waals surface area contributed by atoms with E-state index in [9.17, 15) is 0 Å². The Morgan fingerprint density at radius 2 is 2.06 bits per heavy atom. The van der Waals surface area contributed by atoms with Crippen molar-refractivity contribution >= 4 is 0 Å². The molecule has 16 heavy (non-hydrogen) atoms. The van der Waals surface area contributed by atoms with Gasteiger partial charge >= 0.3 is 0 Å². The lowest BCUT2D eigenvalue weighted by Gasteiger charge is -2.25. The molecule has 0 spiro atoms. The molecule has 1 atom stereocenters. The summed E-state index contributed by atoms with van der Waals surface area (Å²) in [7, 11) is 1.78. The number of fused-ring (bicyclic) bond motifs is 1. The van der Waals surface area contributed by atoms with Gasteiger partial charge in [0.1, 0.15) is 5.75 Å². The van der Waals surface area contributed by atoms with Gasteiger partial charge in [-0.05, 0) is 54.4 Å². The Labute approximate surface area is 98.8 Å². The Bertz CT molecular complexity index is 368. The molecule has 0 saturated heterocycles. The van der Waals surface area contributed by atoms with Gasteiger partial charge in [-0.1, -0.05) is 26.3 Å². The number of rotatable bonds is 3. The first-order chi connectivity index (χ1) is 7.78. The van der Waals surface area contributed by atoms with E-state index in [0.717, 1.165) is 18.1 Å². The summed E-state index contributed by atoms with van der Waals surface area (Å²) in [5.41, 5.74) is 4.44. The summed E-state index contributed by atoms with van der Waals surface area (Å²) in [6.45, 7) is 4.50. The lowest BCUT2D eigenvalue weighted by Crippen LogP contribution is -2.14. The first-order valence-electron chi connectivity index (χ1n) is 6.47. The molecule has 1 aromatic rings. The number of hydrogen-bond donors (Lipinski definition) is 0. The molecule has 0 aliphatic heterocycles. The van der Waals surface area contributed by atoms with Crippen LogP contribution in [-0.2, 0) is 19.3 Å². The summed E-state index contributed by atoms with van der Waals surface area (Å²) in [6.07, 6.45) is 6.22. The normalized spacial score (nSPS) is 19.3. The van der Waals surface area contributed by atoms with Crippen LogP contribution < -0.4 is 4.74 Å². The van der Waals surface area contributed by atoms with Crippen LogP contribution in [0.15, 0.2) is 12.1 Å². The topological polar surface area (TPSA) is 9.23 Å². The van der Waals surface area contributed by atoms with Crippen molar-refractivity contribution in [2.24, 2.45) is 5.92 Å². The maximum absolute atomic E-state index is 5.47. The van der Waals surface area contributed by atoms with Gasteiger partial charge in [-0.25, -0.2) is 0 Å². The Kier molecular flexibility index (Phi) is 3.52. The van der Waals surface area contributed by atoms with E-state index >= 15 is 0 Å². The highest BCUT2D eigenvalue weighted by Gasteiger charge is 2.19. The van der Waals surface area contributed by atoms with Gasteiger partial charge in [0.15, 0.2) is 0 Å². The van der Waals surface area contributed by atoms with Crippen molar-refractivity contribution in [2.45, 2.75) is 46.0 Å². The number of benzene rings is 1. The van der Waals surface area contributed by atoms with Crippen molar-refractivity contribution in [3.05, 3.63) is 28.8 Å². The van der Waals surface area contributed by atoms with Gasteiger partial charge in [-0.3, -0.25) is 0 Å². The monoisotopic (exact) mass is 218 g/mol. The zero-order valence-corrected chi connectivity index (χ0v) is 10.7. The SMILES string of the molecule is CCc1cc2c(cc1OC)CC(CC)CC2. The maximum Gasteiger partial charge on any atom is 0.122 e. The van der Waals surface area contributed by atoms with E-state index < -0.39 is 0 Å². The van der Waals surface area contributed by atoms with Crippen LogP contribution in [0.1, 0.15) is 43.4 Å². The largest absolute Gasteiger partial charge is 0.496 e. The van der Waals surface area contributed by atoms with E-state index in [1.807, 2.05) is 0 Å². The van der Waals surface area contributed by atoms with Crippen LogP contribution in [0.3, 0.4) is 0 Å².